The van der Waals surface area contributed by atoms with Gasteiger partial charge in [-0.15, -0.1) is 6.42 Å². The second kappa shape index (κ2) is 6.02. The van der Waals surface area contributed by atoms with Crippen LogP contribution in [0.25, 0.3) is 11.0 Å². The highest BCUT2D eigenvalue weighted by molar-refractivity contribution is 5.84. The van der Waals surface area contributed by atoms with Crippen molar-refractivity contribution in [1.29, 1.82) is 0 Å². The summed E-state index contributed by atoms with van der Waals surface area (Å²) in [7, 11) is 0. The Morgan fingerprint density at radius 3 is 2.91 bits per heavy atom. The highest BCUT2D eigenvalue weighted by Gasteiger charge is 1.99. The van der Waals surface area contributed by atoms with Gasteiger partial charge in [0.05, 0.1) is 16.7 Å². The summed E-state index contributed by atoms with van der Waals surface area (Å²) in [6.45, 7) is 0.234. The second-order valence-corrected chi connectivity index (χ2v) is 4.63. The summed E-state index contributed by atoms with van der Waals surface area (Å²) in [6.07, 6.45) is 6.90. The molecule has 3 aromatic rings. The molecule has 0 aliphatic rings. The van der Waals surface area contributed by atoms with Crippen molar-refractivity contribution >= 4 is 22.9 Å². The van der Waals surface area contributed by atoms with E-state index in [0.717, 1.165) is 22.3 Å². The zero-order chi connectivity index (χ0) is 15.4. The van der Waals surface area contributed by atoms with Gasteiger partial charge in [0, 0.05) is 6.21 Å². The van der Waals surface area contributed by atoms with Crippen molar-refractivity contribution in [3.63, 3.8) is 0 Å². The summed E-state index contributed by atoms with van der Waals surface area (Å²) >= 11 is 0. The molecule has 1 heterocycles. The lowest BCUT2D eigenvalue weighted by Crippen LogP contribution is -1.99. The molecule has 0 fully saturated rings. The van der Waals surface area contributed by atoms with Gasteiger partial charge in [-0.05, 0) is 35.9 Å². The van der Waals surface area contributed by atoms with Crippen molar-refractivity contribution in [2.75, 3.05) is 6.61 Å². The van der Waals surface area contributed by atoms with Crippen molar-refractivity contribution < 1.29 is 4.74 Å². The first kappa shape index (κ1) is 13.7. The molecule has 0 aliphatic carbocycles. The number of aromatic amines is 2. The lowest BCUT2D eigenvalue weighted by atomic mass is 10.2. The van der Waals surface area contributed by atoms with Crippen LogP contribution >= 0.6 is 0 Å². The smallest absolute Gasteiger partial charge is 0.323 e. The summed E-state index contributed by atoms with van der Waals surface area (Å²) in [5.41, 5.74) is 2.91. The molecule has 108 valence electrons. The summed E-state index contributed by atoms with van der Waals surface area (Å²) in [4.78, 5) is 21.0. The summed E-state index contributed by atoms with van der Waals surface area (Å²) in [5.74, 6) is 3.13. The molecule has 2 N–H and O–H groups in total. The highest BCUT2D eigenvalue weighted by atomic mass is 16.5. The molecule has 0 amide bonds. The maximum Gasteiger partial charge on any atom is 0.323 e. The molecule has 0 bridgehead atoms. The van der Waals surface area contributed by atoms with Crippen LogP contribution in [0.4, 0.5) is 5.69 Å². The third kappa shape index (κ3) is 3.07. The number of imidazole rings is 1. The first-order valence-electron chi connectivity index (χ1n) is 6.67. The Labute approximate surface area is 126 Å². The van der Waals surface area contributed by atoms with Gasteiger partial charge in [0.25, 0.3) is 0 Å². The van der Waals surface area contributed by atoms with E-state index in [1.54, 1.807) is 6.21 Å². The van der Waals surface area contributed by atoms with Gasteiger partial charge in [0.2, 0.25) is 0 Å². The van der Waals surface area contributed by atoms with Crippen molar-refractivity contribution in [3.8, 4) is 18.1 Å². The molecule has 0 unspecified atom stereocenters. The number of H-pyrrole nitrogens is 2. The van der Waals surface area contributed by atoms with E-state index in [0.29, 0.717) is 5.75 Å². The molecule has 3 rings (SSSR count). The third-order valence-electron chi connectivity index (χ3n) is 3.04. The molecule has 2 aromatic carbocycles. The average molecular weight is 291 g/mol. The van der Waals surface area contributed by atoms with Crippen LogP contribution in [0.5, 0.6) is 5.75 Å². The van der Waals surface area contributed by atoms with Crippen LogP contribution in [-0.2, 0) is 0 Å². The quantitative estimate of drug-likeness (QED) is 0.573. The van der Waals surface area contributed by atoms with Crippen LogP contribution in [0.15, 0.2) is 52.3 Å². The second-order valence-electron chi connectivity index (χ2n) is 4.63. The topological polar surface area (TPSA) is 70.2 Å². The van der Waals surface area contributed by atoms with E-state index in [-0.39, 0.29) is 12.3 Å². The Kier molecular flexibility index (Phi) is 3.75. The van der Waals surface area contributed by atoms with Crippen molar-refractivity contribution in [2.45, 2.75) is 0 Å². The summed E-state index contributed by atoms with van der Waals surface area (Å²) in [6, 6.07) is 12.9. The number of aromatic nitrogens is 2. The number of aliphatic imine (C=N–C) groups is 1. The number of rotatable bonds is 4. The van der Waals surface area contributed by atoms with Gasteiger partial charge >= 0.3 is 5.69 Å². The van der Waals surface area contributed by atoms with E-state index in [1.165, 1.54) is 0 Å². The van der Waals surface area contributed by atoms with Crippen LogP contribution in [0.1, 0.15) is 5.56 Å². The number of fused-ring (bicyclic) bond motifs is 1. The molecule has 0 saturated carbocycles. The first-order valence-corrected chi connectivity index (χ1v) is 6.67. The van der Waals surface area contributed by atoms with E-state index in [2.05, 4.69) is 20.9 Å². The zero-order valence-corrected chi connectivity index (χ0v) is 11.7. The maximum atomic E-state index is 11.2. The number of hydrogen-bond acceptors (Lipinski definition) is 3. The fraction of sp³-hybridized carbons (Fsp3) is 0.0588. The third-order valence-corrected chi connectivity index (χ3v) is 3.04. The van der Waals surface area contributed by atoms with Gasteiger partial charge in [-0.2, -0.15) is 0 Å². The molecular formula is C17H13N3O2. The van der Waals surface area contributed by atoms with E-state index in [1.807, 2.05) is 42.5 Å². The fourth-order valence-corrected chi connectivity index (χ4v) is 2.06. The normalized spacial score (nSPS) is 10.9. The van der Waals surface area contributed by atoms with Gasteiger partial charge in [0.1, 0.15) is 12.4 Å². The zero-order valence-electron chi connectivity index (χ0n) is 11.7. The summed E-state index contributed by atoms with van der Waals surface area (Å²) < 4.78 is 5.37. The number of hydrogen-bond donors (Lipinski definition) is 2. The van der Waals surface area contributed by atoms with Crippen LogP contribution in [0.3, 0.4) is 0 Å². The minimum Gasteiger partial charge on any atom is -0.481 e. The minimum absolute atomic E-state index is 0.227. The maximum absolute atomic E-state index is 11.2. The highest BCUT2D eigenvalue weighted by Crippen LogP contribution is 2.18. The number of nitrogens with one attached hydrogen (secondary N) is 2. The van der Waals surface area contributed by atoms with Crippen molar-refractivity contribution in [2.24, 2.45) is 4.99 Å². The monoisotopic (exact) mass is 291 g/mol. The molecular weight excluding hydrogens is 278 g/mol. The van der Waals surface area contributed by atoms with Gasteiger partial charge in [-0.25, -0.2) is 4.79 Å². The van der Waals surface area contributed by atoms with Crippen LogP contribution in [-0.4, -0.2) is 22.8 Å². The Morgan fingerprint density at radius 1 is 1.18 bits per heavy atom. The Balaban J connectivity index is 1.82. The molecule has 0 spiro atoms. The Bertz CT molecular complexity index is 929. The Morgan fingerprint density at radius 2 is 2.05 bits per heavy atom. The fourth-order valence-electron chi connectivity index (χ4n) is 2.06. The van der Waals surface area contributed by atoms with Crippen LogP contribution in [0, 0.1) is 12.3 Å². The van der Waals surface area contributed by atoms with Crippen LogP contribution in [0.2, 0.25) is 0 Å². The molecule has 0 radical (unpaired) electrons. The number of ether oxygens (including phenoxy) is 1. The van der Waals surface area contributed by atoms with Gasteiger partial charge in [-0.3, -0.25) is 4.99 Å². The molecule has 0 saturated heterocycles. The molecule has 22 heavy (non-hydrogen) atoms. The number of benzene rings is 2. The Hall–Kier alpha value is -3.26. The molecule has 0 aliphatic heterocycles. The number of nitrogens with zero attached hydrogens (tertiary/aromatic N) is 1. The lowest BCUT2D eigenvalue weighted by Gasteiger charge is -2.02. The van der Waals surface area contributed by atoms with E-state index >= 15 is 0 Å². The van der Waals surface area contributed by atoms with Gasteiger partial charge in [-0.1, -0.05) is 18.1 Å². The van der Waals surface area contributed by atoms with E-state index in [4.69, 9.17) is 11.2 Å². The minimum atomic E-state index is -0.227. The predicted molar refractivity (Wildman–Crippen MR) is 86.9 cm³/mol. The number of terminal acetylenes is 1. The van der Waals surface area contributed by atoms with Crippen molar-refractivity contribution in [3.05, 3.63) is 58.5 Å². The van der Waals surface area contributed by atoms with Gasteiger partial charge < -0.3 is 14.7 Å². The SMILES string of the molecule is C#CCOc1cccc(C=Nc2ccc3[nH]c(=O)[nH]c3c2)c1. The molecule has 5 nitrogen and oxygen atoms in total. The summed E-state index contributed by atoms with van der Waals surface area (Å²) in [5, 5.41) is 0. The predicted octanol–water partition coefficient (Wildman–Crippen LogP) is 2.62. The standard InChI is InChI=1S/C17H13N3O2/c1-2-8-22-14-5-3-4-12(9-14)11-18-13-6-7-15-16(10-13)20-17(21)19-15/h1,3-7,9-11H,8H2,(H2,19,20,21). The van der Waals surface area contributed by atoms with Gasteiger partial charge in [0.15, 0.2) is 0 Å². The van der Waals surface area contributed by atoms with Crippen LogP contribution < -0.4 is 10.4 Å². The average Bonchev–Trinajstić information content (AvgIpc) is 2.90. The first-order chi connectivity index (χ1) is 10.7. The van der Waals surface area contributed by atoms with E-state index < -0.39 is 0 Å². The largest absolute Gasteiger partial charge is 0.481 e. The van der Waals surface area contributed by atoms with Crippen molar-refractivity contribution in [1.82, 2.24) is 9.97 Å². The molecule has 1 aromatic heterocycles. The molecule has 0 atom stereocenters. The van der Waals surface area contributed by atoms with E-state index in [9.17, 15) is 4.79 Å². The lowest BCUT2D eigenvalue weighted by molar-refractivity contribution is 0.370. The molecule has 5 heteroatoms.